The van der Waals surface area contributed by atoms with Crippen molar-refractivity contribution in [1.29, 1.82) is 0 Å². The molecule has 0 aromatic heterocycles. The number of hydrogen-bond donors (Lipinski definition) is 3. The standard InChI is InChI=1S/C24H33N3O4/c1-4-31-22-10-7-20(15-23(22)29-3)16-26(2)18-24(28)25-21-8-5-19(6-9-21)17-27-11-13-30-14-12-27/h5-10,15H,4,11-14,16-18H2,1-3H3,(H,25,28)/p+2. The third kappa shape index (κ3) is 7.24. The van der Waals surface area contributed by atoms with Gasteiger partial charge in [0.25, 0.3) is 5.91 Å². The second-order valence-electron chi connectivity index (χ2n) is 8.01. The van der Waals surface area contributed by atoms with E-state index in [0.717, 1.165) is 67.0 Å². The van der Waals surface area contributed by atoms with Gasteiger partial charge in [-0.3, -0.25) is 4.79 Å². The quantitative estimate of drug-likeness (QED) is 0.504. The van der Waals surface area contributed by atoms with Gasteiger partial charge in [-0.2, -0.15) is 0 Å². The van der Waals surface area contributed by atoms with Gasteiger partial charge in [-0.1, -0.05) is 12.1 Å². The Bertz CT molecular complexity index is 835. The highest BCUT2D eigenvalue weighted by atomic mass is 16.5. The third-order valence-corrected chi connectivity index (χ3v) is 5.39. The molecule has 2 aromatic carbocycles. The number of nitrogens with one attached hydrogen (secondary N) is 3. The molecule has 7 heteroatoms. The number of rotatable bonds is 10. The SMILES string of the molecule is CCOc1ccc(C[NH+](C)CC(=O)Nc2ccc(C[NH+]3CCOCC3)cc2)cc1OC. The molecule has 1 aliphatic rings. The van der Waals surface area contributed by atoms with Crippen LogP contribution in [-0.2, 0) is 22.6 Å². The molecule has 2 aromatic rings. The van der Waals surface area contributed by atoms with Crippen LogP contribution >= 0.6 is 0 Å². The maximum absolute atomic E-state index is 12.5. The Morgan fingerprint density at radius 3 is 2.48 bits per heavy atom. The normalized spacial score (nSPS) is 15.3. The summed E-state index contributed by atoms with van der Waals surface area (Å²) in [6.45, 7) is 8.41. The minimum atomic E-state index is 0.00181. The fourth-order valence-corrected chi connectivity index (χ4v) is 3.82. The van der Waals surface area contributed by atoms with E-state index in [1.807, 2.05) is 44.3 Å². The van der Waals surface area contributed by atoms with Gasteiger partial charge in [-0.05, 0) is 37.3 Å². The number of anilines is 1. The molecule has 0 bridgehead atoms. The summed E-state index contributed by atoms with van der Waals surface area (Å²) in [4.78, 5) is 15.1. The van der Waals surface area contributed by atoms with Crippen LogP contribution in [0.25, 0.3) is 0 Å². The van der Waals surface area contributed by atoms with Crippen LogP contribution in [0.1, 0.15) is 18.1 Å². The van der Waals surface area contributed by atoms with Gasteiger partial charge in [0.2, 0.25) is 0 Å². The van der Waals surface area contributed by atoms with Crippen LogP contribution in [0.5, 0.6) is 11.5 Å². The maximum atomic E-state index is 12.5. The van der Waals surface area contributed by atoms with E-state index in [-0.39, 0.29) is 5.91 Å². The van der Waals surface area contributed by atoms with Crippen molar-refractivity contribution >= 4 is 11.6 Å². The van der Waals surface area contributed by atoms with E-state index < -0.39 is 0 Å². The first-order valence-electron chi connectivity index (χ1n) is 11.0. The summed E-state index contributed by atoms with van der Waals surface area (Å²) < 4.78 is 16.4. The average molecular weight is 430 g/mol. The Morgan fingerprint density at radius 1 is 1.10 bits per heavy atom. The van der Waals surface area contributed by atoms with E-state index in [9.17, 15) is 4.79 Å². The van der Waals surface area contributed by atoms with E-state index in [1.165, 1.54) is 5.56 Å². The number of hydrogen-bond acceptors (Lipinski definition) is 4. The van der Waals surface area contributed by atoms with Crippen LogP contribution in [0, 0.1) is 0 Å². The largest absolute Gasteiger partial charge is 0.493 e. The predicted molar refractivity (Wildman–Crippen MR) is 120 cm³/mol. The van der Waals surface area contributed by atoms with E-state index in [1.54, 1.807) is 12.0 Å². The van der Waals surface area contributed by atoms with Crippen molar-refractivity contribution in [2.45, 2.75) is 20.0 Å². The van der Waals surface area contributed by atoms with Gasteiger partial charge in [-0.25, -0.2) is 0 Å². The zero-order valence-electron chi connectivity index (χ0n) is 18.8. The van der Waals surface area contributed by atoms with Crippen molar-refractivity contribution in [3.63, 3.8) is 0 Å². The van der Waals surface area contributed by atoms with Crippen molar-refractivity contribution in [3.05, 3.63) is 53.6 Å². The molecule has 0 spiro atoms. The van der Waals surface area contributed by atoms with Crippen LogP contribution in [0.3, 0.4) is 0 Å². The number of morpholine rings is 1. The molecule has 168 valence electrons. The Kier molecular flexibility index (Phi) is 8.70. The smallest absolute Gasteiger partial charge is 0.279 e. The first-order chi connectivity index (χ1) is 15.1. The lowest BCUT2D eigenvalue weighted by molar-refractivity contribution is -0.921. The highest BCUT2D eigenvalue weighted by Crippen LogP contribution is 2.27. The van der Waals surface area contributed by atoms with E-state index in [4.69, 9.17) is 14.2 Å². The van der Waals surface area contributed by atoms with Gasteiger partial charge >= 0.3 is 0 Å². The molecule has 7 nitrogen and oxygen atoms in total. The molecular formula is C24H35N3O4+2. The van der Waals surface area contributed by atoms with Crippen molar-refractivity contribution in [2.24, 2.45) is 0 Å². The van der Waals surface area contributed by atoms with E-state index >= 15 is 0 Å². The molecule has 3 N–H and O–H groups in total. The second-order valence-corrected chi connectivity index (χ2v) is 8.01. The average Bonchev–Trinajstić information content (AvgIpc) is 2.77. The van der Waals surface area contributed by atoms with Crippen molar-refractivity contribution in [1.82, 2.24) is 0 Å². The molecule has 0 saturated carbocycles. The first-order valence-corrected chi connectivity index (χ1v) is 11.0. The Labute approximate surface area is 184 Å². The fourth-order valence-electron chi connectivity index (χ4n) is 3.82. The lowest BCUT2D eigenvalue weighted by atomic mass is 10.2. The van der Waals surface area contributed by atoms with Crippen molar-refractivity contribution < 1.29 is 28.8 Å². The summed E-state index contributed by atoms with van der Waals surface area (Å²) in [6, 6.07) is 14.1. The number of methoxy groups -OCH3 is 1. The summed E-state index contributed by atoms with van der Waals surface area (Å²) in [6.07, 6.45) is 0. The molecule has 1 amide bonds. The third-order valence-electron chi connectivity index (χ3n) is 5.39. The van der Waals surface area contributed by atoms with Gasteiger partial charge in [0.15, 0.2) is 18.0 Å². The summed E-state index contributed by atoms with van der Waals surface area (Å²) in [5, 5.41) is 3.01. The summed E-state index contributed by atoms with van der Waals surface area (Å²) in [5.74, 6) is 1.46. The zero-order chi connectivity index (χ0) is 22.1. The van der Waals surface area contributed by atoms with E-state index in [0.29, 0.717) is 13.2 Å². The predicted octanol–water partition coefficient (Wildman–Crippen LogP) is 0.162. The first kappa shape index (κ1) is 23.1. The Balaban J connectivity index is 1.47. The molecule has 0 aliphatic carbocycles. The van der Waals surface area contributed by atoms with Crippen LogP contribution in [-0.4, -0.2) is 59.5 Å². The minimum absolute atomic E-state index is 0.00181. The minimum Gasteiger partial charge on any atom is -0.493 e. The molecule has 1 heterocycles. The van der Waals surface area contributed by atoms with Crippen LogP contribution in [0.2, 0.25) is 0 Å². The van der Waals surface area contributed by atoms with Gasteiger partial charge < -0.3 is 29.3 Å². The Hall–Kier alpha value is -2.61. The number of carbonyl (C=O) groups excluding carboxylic acids is 1. The number of ether oxygens (including phenoxy) is 3. The van der Waals surface area contributed by atoms with Crippen LogP contribution in [0.15, 0.2) is 42.5 Å². The molecule has 0 radical (unpaired) electrons. The highest BCUT2D eigenvalue weighted by molar-refractivity contribution is 5.91. The van der Waals surface area contributed by atoms with Crippen LogP contribution < -0.4 is 24.6 Å². The lowest BCUT2D eigenvalue weighted by Gasteiger charge is -2.23. The molecule has 1 unspecified atom stereocenters. The lowest BCUT2D eigenvalue weighted by Crippen LogP contribution is -3.12. The molecule has 3 rings (SSSR count). The second kappa shape index (κ2) is 11.7. The number of amides is 1. The van der Waals surface area contributed by atoms with Crippen molar-refractivity contribution in [2.75, 3.05) is 58.9 Å². The summed E-state index contributed by atoms with van der Waals surface area (Å²) in [5.41, 5.74) is 3.21. The van der Waals surface area contributed by atoms with Gasteiger partial charge in [0, 0.05) is 16.8 Å². The number of carbonyl (C=O) groups is 1. The molecular weight excluding hydrogens is 394 g/mol. The molecule has 1 atom stereocenters. The summed E-state index contributed by atoms with van der Waals surface area (Å²) in [7, 11) is 3.65. The number of likely N-dealkylation sites (N-methyl/N-ethyl adjacent to an activating group) is 1. The zero-order valence-corrected chi connectivity index (χ0v) is 18.8. The highest BCUT2D eigenvalue weighted by Gasteiger charge is 2.15. The van der Waals surface area contributed by atoms with Gasteiger partial charge in [0.05, 0.1) is 34.0 Å². The van der Waals surface area contributed by atoms with Gasteiger partial charge in [0.1, 0.15) is 26.2 Å². The fraction of sp³-hybridized carbons (Fsp3) is 0.458. The topological polar surface area (TPSA) is 65.7 Å². The van der Waals surface area contributed by atoms with Crippen molar-refractivity contribution in [3.8, 4) is 11.5 Å². The van der Waals surface area contributed by atoms with Crippen LogP contribution in [0.4, 0.5) is 5.69 Å². The van der Waals surface area contributed by atoms with Gasteiger partial charge in [-0.15, -0.1) is 0 Å². The number of quaternary nitrogens is 2. The summed E-state index contributed by atoms with van der Waals surface area (Å²) >= 11 is 0. The molecule has 31 heavy (non-hydrogen) atoms. The van der Waals surface area contributed by atoms with E-state index in [2.05, 4.69) is 17.4 Å². The number of benzene rings is 2. The molecule has 1 aliphatic heterocycles. The molecule has 1 saturated heterocycles. The molecule has 1 fully saturated rings. The Morgan fingerprint density at radius 2 is 1.81 bits per heavy atom. The monoisotopic (exact) mass is 429 g/mol. The maximum Gasteiger partial charge on any atom is 0.279 e.